The van der Waals surface area contributed by atoms with Crippen molar-refractivity contribution in [3.8, 4) is 0 Å². The van der Waals surface area contributed by atoms with E-state index in [2.05, 4.69) is 55.4 Å². The molecule has 1 aliphatic carbocycles. The van der Waals surface area contributed by atoms with Crippen LogP contribution in [0.25, 0.3) is 0 Å². The number of hydrogen-bond donors (Lipinski definition) is 2. The molecule has 0 aromatic heterocycles. The number of halogens is 2. The Kier molecular flexibility index (Phi) is 3.83. The van der Waals surface area contributed by atoms with Crippen LogP contribution in [-0.2, 0) is 0 Å². The average molecular weight is 334 g/mol. The third-order valence-corrected chi connectivity index (χ3v) is 4.48. The van der Waals surface area contributed by atoms with Crippen LogP contribution in [-0.4, -0.2) is 12.6 Å². The van der Waals surface area contributed by atoms with Crippen molar-refractivity contribution in [2.75, 3.05) is 6.54 Å². The van der Waals surface area contributed by atoms with Crippen LogP contribution in [0.2, 0.25) is 0 Å². The summed E-state index contributed by atoms with van der Waals surface area (Å²) < 4.78 is 2.16. The first kappa shape index (κ1) is 11.6. The van der Waals surface area contributed by atoms with Crippen LogP contribution in [0.3, 0.4) is 0 Å². The van der Waals surface area contributed by atoms with Crippen molar-refractivity contribution in [1.82, 2.24) is 5.32 Å². The van der Waals surface area contributed by atoms with Gasteiger partial charge in [-0.05, 0) is 62.4 Å². The number of rotatable bonds is 4. The van der Waals surface area contributed by atoms with Gasteiger partial charge < -0.3 is 11.1 Å². The van der Waals surface area contributed by atoms with Gasteiger partial charge in [0.25, 0.3) is 0 Å². The predicted octanol–water partition coefficient (Wildman–Crippen LogP) is 2.96. The first-order valence-corrected chi connectivity index (χ1v) is 6.70. The maximum Gasteiger partial charge on any atom is 0.0447 e. The summed E-state index contributed by atoms with van der Waals surface area (Å²) in [6.07, 6.45) is 2.57. The molecule has 1 saturated carbocycles. The highest BCUT2D eigenvalue weighted by atomic mass is 79.9. The Hall–Kier alpha value is 0.1000. The molecule has 1 unspecified atom stereocenters. The molecule has 0 aliphatic heterocycles. The lowest BCUT2D eigenvalue weighted by molar-refractivity contribution is 0.538. The first-order valence-electron chi connectivity index (χ1n) is 5.12. The highest BCUT2D eigenvalue weighted by Gasteiger charge is 2.24. The second-order valence-electron chi connectivity index (χ2n) is 3.90. The van der Waals surface area contributed by atoms with Crippen LogP contribution < -0.4 is 11.1 Å². The van der Waals surface area contributed by atoms with Crippen LogP contribution in [0.4, 0.5) is 0 Å². The van der Waals surface area contributed by atoms with Gasteiger partial charge in [-0.3, -0.25) is 0 Å². The molecule has 0 amide bonds. The molecule has 0 bridgehead atoms. The molecule has 4 heteroatoms. The van der Waals surface area contributed by atoms with Crippen LogP contribution in [0.1, 0.15) is 24.4 Å². The molecule has 0 heterocycles. The maximum atomic E-state index is 5.78. The molecule has 0 saturated heterocycles. The minimum atomic E-state index is 0.280. The molecular weight excluding hydrogens is 320 g/mol. The highest BCUT2D eigenvalue weighted by Crippen LogP contribution is 2.28. The van der Waals surface area contributed by atoms with Gasteiger partial charge in [0.2, 0.25) is 0 Å². The van der Waals surface area contributed by atoms with Crippen LogP contribution in [0, 0.1) is 0 Å². The van der Waals surface area contributed by atoms with E-state index >= 15 is 0 Å². The highest BCUT2D eigenvalue weighted by molar-refractivity contribution is 9.13. The Morgan fingerprint density at radius 3 is 2.60 bits per heavy atom. The third kappa shape index (κ3) is 3.03. The number of nitrogens with two attached hydrogens (primary N) is 1. The zero-order chi connectivity index (χ0) is 10.8. The van der Waals surface area contributed by atoms with Gasteiger partial charge in [0.1, 0.15) is 0 Å². The summed E-state index contributed by atoms with van der Waals surface area (Å²) in [4.78, 5) is 0. The van der Waals surface area contributed by atoms with Gasteiger partial charge in [0, 0.05) is 27.6 Å². The molecule has 82 valence electrons. The second kappa shape index (κ2) is 4.95. The van der Waals surface area contributed by atoms with Crippen molar-refractivity contribution in [1.29, 1.82) is 0 Å². The smallest absolute Gasteiger partial charge is 0.0447 e. The molecule has 1 aliphatic rings. The Balaban J connectivity index is 2.13. The van der Waals surface area contributed by atoms with Crippen LogP contribution in [0.15, 0.2) is 27.1 Å². The minimum Gasteiger partial charge on any atom is -0.329 e. The number of benzene rings is 1. The summed E-state index contributed by atoms with van der Waals surface area (Å²) in [6.45, 7) is 0.643. The molecule has 15 heavy (non-hydrogen) atoms. The summed E-state index contributed by atoms with van der Waals surface area (Å²) in [5.74, 6) is 0. The van der Waals surface area contributed by atoms with Crippen molar-refractivity contribution in [3.05, 3.63) is 32.7 Å². The fourth-order valence-corrected chi connectivity index (χ4v) is 2.21. The molecule has 1 fully saturated rings. The molecule has 0 radical (unpaired) electrons. The summed E-state index contributed by atoms with van der Waals surface area (Å²) in [5, 5.41) is 3.54. The van der Waals surface area contributed by atoms with Crippen molar-refractivity contribution >= 4 is 31.9 Å². The third-order valence-electron chi connectivity index (χ3n) is 2.60. The van der Waals surface area contributed by atoms with Gasteiger partial charge in [-0.15, -0.1) is 0 Å². The quantitative estimate of drug-likeness (QED) is 0.889. The lowest BCUT2D eigenvalue weighted by atomic mass is 10.1. The van der Waals surface area contributed by atoms with Gasteiger partial charge in [0.15, 0.2) is 0 Å². The second-order valence-corrected chi connectivity index (χ2v) is 5.61. The molecule has 2 nitrogen and oxygen atoms in total. The molecule has 2 rings (SSSR count). The van der Waals surface area contributed by atoms with E-state index in [1.54, 1.807) is 0 Å². The van der Waals surface area contributed by atoms with E-state index in [9.17, 15) is 0 Å². The predicted molar refractivity (Wildman–Crippen MR) is 69.8 cm³/mol. The molecule has 0 spiro atoms. The summed E-state index contributed by atoms with van der Waals surface area (Å²) in [6, 6.07) is 7.25. The van der Waals surface area contributed by atoms with E-state index in [0.717, 1.165) is 8.95 Å². The zero-order valence-electron chi connectivity index (χ0n) is 8.34. The topological polar surface area (TPSA) is 38.0 Å². The van der Waals surface area contributed by atoms with Crippen molar-refractivity contribution in [2.24, 2.45) is 5.73 Å². The van der Waals surface area contributed by atoms with Crippen LogP contribution >= 0.6 is 31.9 Å². The number of nitrogens with one attached hydrogen (secondary N) is 1. The first-order chi connectivity index (χ1) is 7.20. The van der Waals surface area contributed by atoms with Gasteiger partial charge in [-0.1, -0.05) is 6.07 Å². The monoisotopic (exact) mass is 332 g/mol. The van der Waals surface area contributed by atoms with Crippen LogP contribution in [0.5, 0.6) is 0 Å². The van der Waals surface area contributed by atoms with E-state index in [4.69, 9.17) is 5.73 Å². The molecule has 1 aromatic carbocycles. The maximum absolute atomic E-state index is 5.78. The van der Waals surface area contributed by atoms with E-state index in [-0.39, 0.29) is 6.04 Å². The largest absolute Gasteiger partial charge is 0.329 e. The van der Waals surface area contributed by atoms with Crippen molar-refractivity contribution in [2.45, 2.75) is 24.9 Å². The van der Waals surface area contributed by atoms with Gasteiger partial charge in [-0.2, -0.15) is 0 Å². The van der Waals surface area contributed by atoms with E-state index in [1.165, 1.54) is 18.4 Å². The van der Waals surface area contributed by atoms with Gasteiger partial charge in [0.05, 0.1) is 0 Å². The molecule has 1 atom stereocenters. The Morgan fingerprint density at radius 2 is 2.07 bits per heavy atom. The fraction of sp³-hybridized carbons (Fsp3) is 0.455. The molecule has 3 N–H and O–H groups in total. The van der Waals surface area contributed by atoms with Gasteiger partial charge >= 0.3 is 0 Å². The summed E-state index contributed by atoms with van der Waals surface area (Å²) >= 11 is 6.97. The van der Waals surface area contributed by atoms with E-state index in [0.29, 0.717) is 12.6 Å². The SMILES string of the molecule is NCC(NC1CC1)c1ccc(Br)c(Br)c1. The number of hydrogen-bond acceptors (Lipinski definition) is 2. The van der Waals surface area contributed by atoms with E-state index in [1.807, 2.05) is 0 Å². The normalized spacial score (nSPS) is 17.8. The fourth-order valence-electron chi connectivity index (χ4n) is 1.56. The molecule has 1 aromatic rings. The average Bonchev–Trinajstić information content (AvgIpc) is 3.02. The Bertz CT molecular complexity index is 350. The standard InChI is InChI=1S/C11H14Br2N2/c12-9-4-1-7(5-10(9)13)11(6-14)15-8-2-3-8/h1,4-5,8,11,15H,2-3,6,14H2. The summed E-state index contributed by atoms with van der Waals surface area (Å²) in [5.41, 5.74) is 7.03. The van der Waals surface area contributed by atoms with Gasteiger partial charge in [-0.25, -0.2) is 0 Å². The Labute approximate surface area is 107 Å². The van der Waals surface area contributed by atoms with Crippen molar-refractivity contribution < 1.29 is 0 Å². The molecular formula is C11H14Br2N2. The lowest BCUT2D eigenvalue weighted by Gasteiger charge is -2.17. The van der Waals surface area contributed by atoms with Crippen molar-refractivity contribution in [3.63, 3.8) is 0 Å². The Morgan fingerprint density at radius 1 is 1.33 bits per heavy atom. The lowest BCUT2D eigenvalue weighted by Crippen LogP contribution is -2.29. The minimum absolute atomic E-state index is 0.280. The van der Waals surface area contributed by atoms with E-state index < -0.39 is 0 Å². The summed E-state index contributed by atoms with van der Waals surface area (Å²) in [7, 11) is 0. The zero-order valence-corrected chi connectivity index (χ0v) is 11.5.